The highest BCUT2D eigenvalue weighted by molar-refractivity contribution is 5.96. The summed E-state index contributed by atoms with van der Waals surface area (Å²) in [7, 11) is 0. The largest absolute Gasteiger partial charge is 0.389 e. The average Bonchev–Trinajstić information content (AvgIpc) is 2.25. The summed E-state index contributed by atoms with van der Waals surface area (Å²) in [6.45, 7) is 0. The molecule has 4 N–H and O–H groups in total. The molecule has 0 bridgehead atoms. The van der Waals surface area contributed by atoms with Gasteiger partial charge in [-0.1, -0.05) is 18.2 Å². The molecule has 0 aromatic carbocycles. The Morgan fingerprint density at radius 3 is 2.28 bits per heavy atom. The normalized spacial score (nSPS) is 23.6. The predicted octanol–water partition coefficient (Wildman–Crippen LogP) is 1.17. The van der Waals surface area contributed by atoms with Crippen molar-refractivity contribution >= 4 is 11.8 Å². The van der Waals surface area contributed by atoms with Gasteiger partial charge in [0.05, 0.1) is 5.41 Å². The van der Waals surface area contributed by atoms with Crippen molar-refractivity contribution < 1.29 is 22.8 Å². The average molecular weight is 262 g/mol. The zero-order chi connectivity index (χ0) is 14.0. The van der Waals surface area contributed by atoms with E-state index in [-0.39, 0.29) is 12.0 Å². The van der Waals surface area contributed by atoms with Crippen LogP contribution in [0.5, 0.6) is 0 Å². The molecule has 0 spiro atoms. The van der Waals surface area contributed by atoms with E-state index in [1.165, 1.54) is 18.2 Å². The molecule has 0 heterocycles. The van der Waals surface area contributed by atoms with Crippen LogP contribution in [-0.2, 0) is 9.59 Å². The summed E-state index contributed by atoms with van der Waals surface area (Å²) in [5.41, 5.74) is 8.94. The van der Waals surface area contributed by atoms with Gasteiger partial charge in [0, 0.05) is 12.0 Å². The first-order chi connectivity index (χ1) is 8.16. The van der Waals surface area contributed by atoms with Crippen molar-refractivity contribution in [3.05, 3.63) is 23.8 Å². The molecule has 1 aliphatic carbocycles. The fraction of sp³-hybridized carbons (Fsp3) is 0.455. The van der Waals surface area contributed by atoms with E-state index in [1.54, 1.807) is 0 Å². The van der Waals surface area contributed by atoms with Gasteiger partial charge in [-0.05, 0) is 12.8 Å². The molecular formula is C11H13F3N2O2. The second kappa shape index (κ2) is 4.83. The molecular weight excluding hydrogens is 249 g/mol. The molecule has 18 heavy (non-hydrogen) atoms. The number of allylic oxidation sites excluding steroid dienone is 1. The van der Waals surface area contributed by atoms with Crippen LogP contribution in [0.25, 0.3) is 0 Å². The third-order valence-corrected chi connectivity index (χ3v) is 2.90. The molecule has 0 aliphatic heterocycles. The number of halogens is 3. The monoisotopic (exact) mass is 262 g/mol. The predicted molar refractivity (Wildman–Crippen MR) is 58.0 cm³/mol. The van der Waals surface area contributed by atoms with Crippen molar-refractivity contribution in [1.82, 2.24) is 0 Å². The highest BCUT2D eigenvalue weighted by atomic mass is 19.4. The van der Waals surface area contributed by atoms with E-state index < -0.39 is 36.2 Å². The van der Waals surface area contributed by atoms with Crippen molar-refractivity contribution in [3.63, 3.8) is 0 Å². The molecule has 0 aromatic heterocycles. The van der Waals surface area contributed by atoms with Gasteiger partial charge in [0.2, 0.25) is 11.8 Å². The summed E-state index contributed by atoms with van der Waals surface area (Å²) in [6, 6.07) is 0. The molecule has 4 nitrogen and oxygen atoms in total. The van der Waals surface area contributed by atoms with Gasteiger partial charge in [-0.15, -0.1) is 0 Å². The van der Waals surface area contributed by atoms with Crippen molar-refractivity contribution in [2.75, 3.05) is 0 Å². The second-order valence-corrected chi connectivity index (χ2v) is 4.20. The van der Waals surface area contributed by atoms with Crippen molar-refractivity contribution in [1.29, 1.82) is 0 Å². The topological polar surface area (TPSA) is 86.2 Å². The number of carbonyl (C=O) groups excluding carboxylic acids is 2. The first-order valence-electron chi connectivity index (χ1n) is 5.22. The van der Waals surface area contributed by atoms with Crippen LogP contribution in [0.15, 0.2) is 23.8 Å². The lowest BCUT2D eigenvalue weighted by molar-refractivity contribution is -0.143. The number of hydrogen-bond donors (Lipinski definition) is 2. The Balaban J connectivity index is 2.85. The van der Waals surface area contributed by atoms with E-state index in [4.69, 9.17) is 11.5 Å². The van der Waals surface area contributed by atoms with Crippen LogP contribution in [0.4, 0.5) is 13.2 Å². The van der Waals surface area contributed by atoms with E-state index in [0.717, 1.165) is 0 Å². The molecule has 1 aliphatic rings. The third-order valence-electron chi connectivity index (χ3n) is 2.90. The number of alkyl halides is 3. The molecule has 7 heteroatoms. The number of carbonyl (C=O) groups is 2. The minimum atomic E-state index is -4.36. The Bertz CT molecular complexity index is 426. The lowest BCUT2D eigenvalue weighted by Crippen LogP contribution is -2.37. The Morgan fingerprint density at radius 1 is 1.33 bits per heavy atom. The minimum Gasteiger partial charge on any atom is -0.369 e. The third kappa shape index (κ3) is 3.35. The standard InChI is InChI=1S/C11H13F3N2O2/c12-11(13,14)6-5-10(9(16)18)3-1-7(2-4-10)8(15)17/h1-3H,4-6H2,(H2,15,17)(H2,16,18). The van der Waals surface area contributed by atoms with Gasteiger partial charge in [-0.3, -0.25) is 9.59 Å². The lowest BCUT2D eigenvalue weighted by atomic mass is 9.75. The van der Waals surface area contributed by atoms with Crippen LogP contribution in [0.3, 0.4) is 0 Å². The Morgan fingerprint density at radius 2 is 1.94 bits per heavy atom. The molecule has 0 fully saturated rings. The summed E-state index contributed by atoms with van der Waals surface area (Å²) in [6.07, 6.45) is -2.14. The van der Waals surface area contributed by atoms with E-state index in [0.29, 0.717) is 0 Å². The van der Waals surface area contributed by atoms with Gasteiger partial charge in [0.15, 0.2) is 0 Å². The van der Waals surface area contributed by atoms with Crippen molar-refractivity contribution in [2.45, 2.75) is 25.4 Å². The molecule has 0 saturated heterocycles. The maximum atomic E-state index is 12.2. The quantitative estimate of drug-likeness (QED) is 0.796. The Hall–Kier alpha value is -1.79. The Labute approximate surface area is 102 Å². The second-order valence-electron chi connectivity index (χ2n) is 4.20. The summed E-state index contributed by atoms with van der Waals surface area (Å²) < 4.78 is 36.5. The van der Waals surface area contributed by atoms with Gasteiger partial charge in [0.25, 0.3) is 0 Å². The van der Waals surface area contributed by atoms with Gasteiger partial charge < -0.3 is 11.5 Å². The molecule has 1 unspecified atom stereocenters. The molecule has 0 aromatic rings. The lowest BCUT2D eigenvalue weighted by Gasteiger charge is -2.29. The number of rotatable bonds is 4. The van der Waals surface area contributed by atoms with Gasteiger partial charge in [-0.25, -0.2) is 0 Å². The molecule has 100 valence electrons. The highest BCUT2D eigenvalue weighted by Crippen LogP contribution is 2.37. The van der Waals surface area contributed by atoms with Gasteiger partial charge in [-0.2, -0.15) is 13.2 Å². The first-order valence-corrected chi connectivity index (χ1v) is 5.22. The first kappa shape index (κ1) is 14.3. The van der Waals surface area contributed by atoms with E-state index in [2.05, 4.69) is 0 Å². The number of amides is 2. The SMILES string of the molecule is NC(=O)C1=CCC(CCC(F)(F)F)(C(N)=O)C=C1. The molecule has 0 saturated carbocycles. The smallest absolute Gasteiger partial charge is 0.369 e. The van der Waals surface area contributed by atoms with Crippen LogP contribution in [-0.4, -0.2) is 18.0 Å². The van der Waals surface area contributed by atoms with Gasteiger partial charge in [0.1, 0.15) is 0 Å². The van der Waals surface area contributed by atoms with Crippen LogP contribution >= 0.6 is 0 Å². The number of primary amides is 2. The fourth-order valence-electron chi connectivity index (χ4n) is 1.72. The van der Waals surface area contributed by atoms with Crippen LogP contribution < -0.4 is 11.5 Å². The van der Waals surface area contributed by atoms with Crippen molar-refractivity contribution in [3.8, 4) is 0 Å². The van der Waals surface area contributed by atoms with E-state index in [1.807, 2.05) is 0 Å². The zero-order valence-electron chi connectivity index (χ0n) is 9.46. The number of hydrogen-bond acceptors (Lipinski definition) is 2. The van der Waals surface area contributed by atoms with Crippen LogP contribution in [0.1, 0.15) is 19.3 Å². The molecule has 0 radical (unpaired) electrons. The highest BCUT2D eigenvalue weighted by Gasteiger charge is 2.39. The minimum absolute atomic E-state index is 0.0484. The summed E-state index contributed by atoms with van der Waals surface area (Å²) in [5, 5.41) is 0. The summed E-state index contributed by atoms with van der Waals surface area (Å²) in [4.78, 5) is 22.2. The van der Waals surface area contributed by atoms with Crippen molar-refractivity contribution in [2.24, 2.45) is 16.9 Å². The summed E-state index contributed by atoms with van der Waals surface area (Å²) >= 11 is 0. The molecule has 2 amide bonds. The van der Waals surface area contributed by atoms with E-state index in [9.17, 15) is 22.8 Å². The zero-order valence-corrected chi connectivity index (χ0v) is 9.46. The summed E-state index contributed by atoms with van der Waals surface area (Å²) in [5.74, 6) is -1.54. The fourth-order valence-corrected chi connectivity index (χ4v) is 1.72. The maximum absolute atomic E-state index is 12.2. The van der Waals surface area contributed by atoms with E-state index >= 15 is 0 Å². The molecule has 1 rings (SSSR count). The maximum Gasteiger partial charge on any atom is 0.389 e. The van der Waals surface area contributed by atoms with Crippen LogP contribution in [0, 0.1) is 5.41 Å². The number of nitrogens with two attached hydrogens (primary N) is 2. The van der Waals surface area contributed by atoms with Crippen LogP contribution in [0.2, 0.25) is 0 Å². The Kier molecular flexibility index (Phi) is 3.83. The van der Waals surface area contributed by atoms with Gasteiger partial charge >= 0.3 is 6.18 Å². The molecule has 1 atom stereocenters.